The number of hydrogen-bond acceptors (Lipinski definition) is 6. The van der Waals surface area contributed by atoms with E-state index in [0.29, 0.717) is 41.2 Å². The summed E-state index contributed by atoms with van der Waals surface area (Å²) in [6, 6.07) is 8.38. The molecule has 0 bridgehead atoms. The molecule has 2 aromatic rings. The number of carbonyl (C=O) groups is 3. The van der Waals surface area contributed by atoms with Crippen LogP contribution in [0.3, 0.4) is 0 Å². The number of hydrogen-bond donors (Lipinski definition) is 0. The van der Waals surface area contributed by atoms with Gasteiger partial charge in [0.15, 0.2) is 5.78 Å². The van der Waals surface area contributed by atoms with E-state index in [9.17, 15) is 14.4 Å². The van der Waals surface area contributed by atoms with Gasteiger partial charge in [0.1, 0.15) is 17.2 Å². The lowest BCUT2D eigenvalue weighted by Crippen LogP contribution is -2.26. The normalized spacial score (nSPS) is 11.9. The standard InChI is InChI=1S/C30H38O6/c1-10-19-18-20(11-2)26(36-28(33)30(6,7)8)23(25(19)34-9)16-17-24(31)21-12-14-22(15-13-21)35-27(32)29(3,4)5/h12-18H,10-11H2,1-9H3. The minimum absolute atomic E-state index is 0.251. The molecule has 0 spiro atoms. The van der Waals surface area contributed by atoms with Crippen LogP contribution in [0.5, 0.6) is 17.2 Å². The van der Waals surface area contributed by atoms with Gasteiger partial charge >= 0.3 is 11.9 Å². The van der Waals surface area contributed by atoms with Crippen LogP contribution in [-0.2, 0) is 22.4 Å². The summed E-state index contributed by atoms with van der Waals surface area (Å²) in [5.74, 6) is 0.369. The fourth-order valence-electron chi connectivity index (χ4n) is 3.28. The molecular weight excluding hydrogens is 456 g/mol. The summed E-state index contributed by atoms with van der Waals surface area (Å²) in [6.07, 6.45) is 4.43. The maximum Gasteiger partial charge on any atom is 0.316 e. The zero-order valence-corrected chi connectivity index (χ0v) is 22.9. The Morgan fingerprint density at radius 1 is 0.778 bits per heavy atom. The average Bonchev–Trinajstić information content (AvgIpc) is 2.81. The smallest absolute Gasteiger partial charge is 0.316 e. The Labute approximate surface area is 214 Å². The highest BCUT2D eigenvalue weighted by atomic mass is 16.5. The van der Waals surface area contributed by atoms with Crippen molar-refractivity contribution in [1.29, 1.82) is 0 Å². The molecule has 0 saturated carbocycles. The highest BCUT2D eigenvalue weighted by Gasteiger charge is 2.27. The van der Waals surface area contributed by atoms with Crippen molar-refractivity contribution in [2.45, 2.75) is 68.2 Å². The largest absolute Gasteiger partial charge is 0.496 e. The molecule has 0 aliphatic rings. The maximum absolute atomic E-state index is 13.0. The third-order valence-electron chi connectivity index (χ3n) is 5.56. The molecule has 0 fully saturated rings. The Bertz CT molecular complexity index is 1140. The summed E-state index contributed by atoms with van der Waals surface area (Å²) >= 11 is 0. The zero-order chi connectivity index (χ0) is 27.3. The molecule has 0 atom stereocenters. The van der Waals surface area contributed by atoms with Gasteiger partial charge in [0, 0.05) is 5.56 Å². The van der Waals surface area contributed by atoms with E-state index in [4.69, 9.17) is 14.2 Å². The van der Waals surface area contributed by atoms with Crippen LogP contribution >= 0.6 is 0 Å². The first kappa shape index (κ1) is 28.8. The first-order valence-corrected chi connectivity index (χ1v) is 12.2. The minimum Gasteiger partial charge on any atom is -0.496 e. The molecule has 0 aliphatic heterocycles. The number of aryl methyl sites for hydroxylation is 2. The number of carbonyl (C=O) groups excluding carboxylic acids is 3. The molecule has 0 heterocycles. The summed E-state index contributed by atoms with van der Waals surface area (Å²) in [5.41, 5.74) is 1.47. The molecule has 0 saturated heterocycles. The van der Waals surface area contributed by atoms with Crippen molar-refractivity contribution in [3.05, 3.63) is 58.7 Å². The van der Waals surface area contributed by atoms with Crippen molar-refractivity contribution in [1.82, 2.24) is 0 Å². The number of allylic oxidation sites excluding steroid dienone is 1. The maximum atomic E-state index is 13.0. The molecule has 194 valence electrons. The van der Waals surface area contributed by atoms with Crippen LogP contribution in [-0.4, -0.2) is 24.8 Å². The number of methoxy groups -OCH3 is 1. The molecule has 0 aliphatic carbocycles. The van der Waals surface area contributed by atoms with Gasteiger partial charge in [-0.15, -0.1) is 0 Å². The van der Waals surface area contributed by atoms with Gasteiger partial charge in [-0.3, -0.25) is 14.4 Å². The Hall–Kier alpha value is -3.41. The molecule has 6 heteroatoms. The van der Waals surface area contributed by atoms with E-state index < -0.39 is 10.8 Å². The van der Waals surface area contributed by atoms with E-state index in [-0.39, 0.29) is 17.7 Å². The lowest BCUT2D eigenvalue weighted by Gasteiger charge is -2.22. The fraction of sp³-hybridized carbons (Fsp3) is 0.433. The van der Waals surface area contributed by atoms with E-state index in [2.05, 4.69) is 0 Å². The quantitative estimate of drug-likeness (QED) is 0.178. The fourth-order valence-corrected chi connectivity index (χ4v) is 3.28. The molecule has 6 nitrogen and oxygen atoms in total. The van der Waals surface area contributed by atoms with E-state index in [1.807, 2.05) is 19.9 Å². The Balaban J connectivity index is 2.45. The van der Waals surface area contributed by atoms with Crippen molar-refractivity contribution in [2.75, 3.05) is 7.11 Å². The highest BCUT2D eigenvalue weighted by Crippen LogP contribution is 2.39. The first-order chi connectivity index (χ1) is 16.7. The van der Waals surface area contributed by atoms with Crippen LogP contribution in [0.2, 0.25) is 0 Å². The minimum atomic E-state index is -0.698. The van der Waals surface area contributed by atoms with E-state index in [1.165, 1.54) is 6.08 Å². The van der Waals surface area contributed by atoms with Gasteiger partial charge in [0.2, 0.25) is 0 Å². The molecule has 2 rings (SSSR count). The van der Waals surface area contributed by atoms with E-state index in [0.717, 1.165) is 11.1 Å². The van der Waals surface area contributed by atoms with Gasteiger partial charge in [0.25, 0.3) is 0 Å². The van der Waals surface area contributed by atoms with Crippen LogP contribution in [0, 0.1) is 10.8 Å². The summed E-state index contributed by atoms with van der Waals surface area (Å²) in [6.45, 7) is 14.7. The van der Waals surface area contributed by atoms with Crippen molar-refractivity contribution in [3.63, 3.8) is 0 Å². The van der Waals surface area contributed by atoms with Crippen LogP contribution in [0.1, 0.15) is 82.4 Å². The van der Waals surface area contributed by atoms with Gasteiger partial charge in [-0.2, -0.15) is 0 Å². The lowest BCUT2D eigenvalue weighted by molar-refractivity contribution is -0.143. The van der Waals surface area contributed by atoms with Crippen LogP contribution in [0.25, 0.3) is 6.08 Å². The molecular formula is C30H38O6. The van der Waals surface area contributed by atoms with Crippen molar-refractivity contribution in [3.8, 4) is 17.2 Å². The second kappa shape index (κ2) is 11.5. The van der Waals surface area contributed by atoms with Crippen molar-refractivity contribution in [2.24, 2.45) is 10.8 Å². The topological polar surface area (TPSA) is 78.9 Å². The van der Waals surface area contributed by atoms with Gasteiger partial charge < -0.3 is 14.2 Å². The summed E-state index contributed by atoms with van der Waals surface area (Å²) < 4.78 is 16.9. The highest BCUT2D eigenvalue weighted by molar-refractivity contribution is 6.07. The second-order valence-electron chi connectivity index (χ2n) is 10.7. The van der Waals surface area contributed by atoms with Crippen LogP contribution < -0.4 is 14.2 Å². The monoisotopic (exact) mass is 494 g/mol. The molecule has 0 aromatic heterocycles. The number of rotatable bonds is 8. The van der Waals surface area contributed by atoms with Crippen LogP contribution in [0.4, 0.5) is 0 Å². The van der Waals surface area contributed by atoms with Crippen molar-refractivity contribution < 1.29 is 28.6 Å². The molecule has 36 heavy (non-hydrogen) atoms. The molecule has 0 N–H and O–H groups in total. The molecule has 2 aromatic carbocycles. The van der Waals surface area contributed by atoms with Crippen molar-refractivity contribution >= 4 is 23.8 Å². The summed E-state index contributed by atoms with van der Waals surface area (Å²) in [5, 5.41) is 0. The zero-order valence-electron chi connectivity index (χ0n) is 22.9. The van der Waals surface area contributed by atoms with Crippen LogP contribution in [0.15, 0.2) is 36.4 Å². The Morgan fingerprint density at radius 2 is 1.28 bits per heavy atom. The Kier molecular flexibility index (Phi) is 9.25. The predicted octanol–water partition coefficient (Wildman–Crippen LogP) is 6.62. The number of ether oxygens (including phenoxy) is 3. The molecule has 0 unspecified atom stereocenters. The first-order valence-electron chi connectivity index (χ1n) is 12.2. The Morgan fingerprint density at radius 3 is 1.75 bits per heavy atom. The molecule has 0 amide bonds. The third-order valence-corrected chi connectivity index (χ3v) is 5.56. The van der Waals surface area contributed by atoms with Gasteiger partial charge in [-0.25, -0.2) is 0 Å². The van der Waals surface area contributed by atoms with Gasteiger partial charge in [-0.1, -0.05) is 13.8 Å². The SMILES string of the molecule is CCc1cc(CC)c(OC(=O)C(C)(C)C)c(C=CC(=O)c2ccc(OC(=O)C(C)(C)C)cc2)c1OC. The predicted molar refractivity (Wildman–Crippen MR) is 142 cm³/mol. The van der Waals surface area contributed by atoms with E-state index in [1.54, 1.807) is 79.0 Å². The summed E-state index contributed by atoms with van der Waals surface area (Å²) in [7, 11) is 1.56. The lowest BCUT2D eigenvalue weighted by atomic mass is 9.95. The summed E-state index contributed by atoms with van der Waals surface area (Å²) in [4.78, 5) is 37.8. The van der Waals surface area contributed by atoms with Gasteiger partial charge in [-0.05, 0) is 108 Å². The third kappa shape index (κ3) is 7.06. The molecule has 0 radical (unpaired) electrons. The second-order valence-corrected chi connectivity index (χ2v) is 10.7. The average molecular weight is 495 g/mol. The van der Waals surface area contributed by atoms with E-state index >= 15 is 0 Å². The number of esters is 2. The number of benzene rings is 2. The van der Waals surface area contributed by atoms with Gasteiger partial charge in [0.05, 0.1) is 23.5 Å². The number of ketones is 1.